The van der Waals surface area contributed by atoms with Crippen molar-refractivity contribution < 1.29 is 23.7 Å². The van der Waals surface area contributed by atoms with Crippen LogP contribution in [0.5, 0.6) is 23.0 Å². The molecule has 1 amide bonds. The van der Waals surface area contributed by atoms with Crippen molar-refractivity contribution in [3.05, 3.63) is 53.2 Å². The fraction of sp³-hybridized carbons (Fsp3) is 0.273. The minimum absolute atomic E-state index is 0.207. The van der Waals surface area contributed by atoms with E-state index < -0.39 is 0 Å². The van der Waals surface area contributed by atoms with Crippen molar-refractivity contribution >= 4 is 16.8 Å². The molecule has 0 atom stereocenters. The molecule has 29 heavy (non-hydrogen) atoms. The maximum Gasteiger partial charge on any atom is 0.253 e. The molecule has 0 bridgehead atoms. The van der Waals surface area contributed by atoms with E-state index in [0.717, 1.165) is 22.2 Å². The summed E-state index contributed by atoms with van der Waals surface area (Å²) >= 11 is 0. The first-order valence-electron chi connectivity index (χ1n) is 9.03. The summed E-state index contributed by atoms with van der Waals surface area (Å²) in [5, 5.41) is 3.80. The van der Waals surface area contributed by atoms with E-state index in [0.29, 0.717) is 35.1 Å². The van der Waals surface area contributed by atoms with Gasteiger partial charge in [0.1, 0.15) is 5.75 Å². The van der Waals surface area contributed by atoms with Crippen LogP contribution < -0.4 is 24.3 Å². The lowest BCUT2D eigenvalue weighted by Crippen LogP contribution is -2.24. The smallest absolute Gasteiger partial charge is 0.253 e. The van der Waals surface area contributed by atoms with Crippen LogP contribution in [0.15, 0.2) is 36.4 Å². The Labute approximate surface area is 169 Å². The average Bonchev–Trinajstić information content (AvgIpc) is 2.75. The largest absolute Gasteiger partial charge is 0.497 e. The molecule has 0 fully saturated rings. The third-order valence-corrected chi connectivity index (χ3v) is 4.64. The fourth-order valence-electron chi connectivity index (χ4n) is 3.12. The Morgan fingerprint density at radius 3 is 2.21 bits per heavy atom. The molecule has 0 radical (unpaired) electrons. The highest BCUT2D eigenvalue weighted by Crippen LogP contribution is 2.38. The van der Waals surface area contributed by atoms with Crippen molar-refractivity contribution in [3.63, 3.8) is 0 Å². The molecule has 0 aliphatic carbocycles. The summed E-state index contributed by atoms with van der Waals surface area (Å²) in [6.07, 6.45) is 0. The predicted molar refractivity (Wildman–Crippen MR) is 110 cm³/mol. The summed E-state index contributed by atoms with van der Waals surface area (Å²) in [5.41, 5.74) is 2.77. The van der Waals surface area contributed by atoms with Crippen LogP contribution in [-0.2, 0) is 6.54 Å². The molecule has 0 spiro atoms. The predicted octanol–water partition coefficient (Wildman–Crippen LogP) is 3.51. The molecule has 3 rings (SSSR count). The molecule has 0 aliphatic heterocycles. The van der Waals surface area contributed by atoms with E-state index in [2.05, 4.69) is 10.3 Å². The van der Waals surface area contributed by atoms with Gasteiger partial charge in [0.15, 0.2) is 11.5 Å². The second kappa shape index (κ2) is 8.68. The van der Waals surface area contributed by atoms with E-state index >= 15 is 0 Å². The molecular formula is C22H24N2O5. The van der Waals surface area contributed by atoms with Gasteiger partial charge in [-0.25, -0.2) is 0 Å². The second-order valence-electron chi connectivity index (χ2n) is 6.40. The lowest BCUT2D eigenvalue weighted by Gasteiger charge is -2.15. The van der Waals surface area contributed by atoms with Gasteiger partial charge in [-0.15, -0.1) is 0 Å². The van der Waals surface area contributed by atoms with Crippen LogP contribution in [0, 0.1) is 6.92 Å². The van der Waals surface area contributed by atoms with Crippen molar-refractivity contribution in [2.45, 2.75) is 13.5 Å². The summed E-state index contributed by atoms with van der Waals surface area (Å²) in [6.45, 7) is 2.11. The van der Waals surface area contributed by atoms with Crippen molar-refractivity contribution in [2.24, 2.45) is 0 Å². The van der Waals surface area contributed by atoms with Gasteiger partial charge in [-0.3, -0.25) is 9.78 Å². The summed E-state index contributed by atoms with van der Waals surface area (Å²) in [4.78, 5) is 17.3. The summed E-state index contributed by atoms with van der Waals surface area (Å²) in [5.74, 6) is 2.10. The first-order valence-corrected chi connectivity index (χ1v) is 9.03. The average molecular weight is 396 g/mol. The van der Waals surface area contributed by atoms with E-state index in [-0.39, 0.29) is 5.91 Å². The van der Waals surface area contributed by atoms with Gasteiger partial charge >= 0.3 is 0 Å². The number of amides is 1. The number of aromatic nitrogens is 1. The molecule has 1 aromatic heterocycles. The van der Waals surface area contributed by atoms with Crippen LogP contribution in [0.2, 0.25) is 0 Å². The lowest BCUT2D eigenvalue weighted by molar-refractivity contribution is 0.0950. The van der Waals surface area contributed by atoms with Gasteiger partial charge in [-0.1, -0.05) is 0 Å². The van der Waals surface area contributed by atoms with Gasteiger partial charge in [0.05, 0.1) is 45.2 Å². The standard InChI is InChI=1S/C22H24N2O5/c1-13-17(10-15-6-7-16(26-2)11-18(15)24-13)22(25)23-12-14-8-19(27-3)21(29-5)20(9-14)28-4/h6-11H,12H2,1-5H3,(H,23,25). The number of pyridine rings is 1. The number of fused-ring (bicyclic) bond motifs is 1. The van der Waals surface area contributed by atoms with Gasteiger partial charge in [0, 0.05) is 18.0 Å². The fourth-order valence-corrected chi connectivity index (χ4v) is 3.12. The SMILES string of the molecule is COc1ccc2cc(C(=O)NCc3cc(OC)c(OC)c(OC)c3)c(C)nc2c1. The number of aryl methyl sites for hydroxylation is 1. The van der Waals surface area contributed by atoms with Gasteiger partial charge in [-0.05, 0) is 42.8 Å². The lowest BCUT2D eigenvalue weighted by atomic mass is 10.1. The van der Waals surface area contributed by atoms with E-state index in [1.165, 1.54) is 0 Å². The molecule has 0 saturated carbocycles. The van der Waals surface area contributed by atoms with E-state index in [1.54, 1.807) is 40.6 Å². The van der Waals surface area contributed by atoms with Crippen molar-refractivity contribution in [1.82, 2.24) is 10.3 Å². The van der Waals surface area contributed by atoms with Crippen LogP contribution in [0.4, 0.5) is 0 Å². The molecule has 1 N–H and O–H groups in total. The minimum atomic E-state index is -0.207. The number of nitrogens with one attached hydrogen (secondary N) is 1. The number of hydrogen-bond acceptors (Lipinski definition) is 6. The molecule has 3 aromatic rings. The molecule has 7 nitrogen and oxygen atoms in total. The number of hydrogen-bond donors (Lipinski definition) is 1. The maximum atomic E-state index is 12.8. The number of carbonyl (C=O) groups excluding carboxylic acids is 1. The zero-order valence-corrected chi connectivity index (χ0v) is 17.2. The van der Waals surface area contributed by atoms with Crippen LogP contribution in [0.1, 0.15) is 21.6 Å². The maximum absolute atomic E-state index is 12.8. The zero-order chi connectivity index (χ0) is 21.0. The van der Waals surface area contributed by atoms with E-state index in [1.807, 2.05) is 31.2 Å². The van der Waals surface area contributed by atoms with Gasteiger partial charge in [0.25, 0.3) is 5.91 Å². The summed E-state index contributed by atoms with van der Waals surface area (Å²) in [6, 6.07) is 11.0. The highest BCUT2D eigenvalue weighted by molar-refractivity contribution is 5.98. The van der Waals surface area contributed by atoms with Crippen LogP contribution in [-0.4, -0.2) is 39.3 Å². The Hall–Kier alpha value is -3.48. The highest BCUT2D eigenvalue weighted by Gasteiger charge is 2.15. The first kappa shape index (κ1) is 20.3. The molecule has 0 unspecified atom stereocenters. The van der Waals surface area contributed by atoms with Crippen molar-refractivity contribution in [1.29, 1.82) is 0 Å². The zero-order valence-electron chi connectivity index (χ0n) is 17.2. The Balaban J connectivity index is 1.83. The number of methoxy groups -OCH3 is 4. The quantitative estimate of drug-likeness (QED) is 0.658. The van der Waals surface area contributed by atoms with Crippen LogP contribution >= 0.6 is 0 Å². The molecule has 152 valence electrons. The molecule has 0 aliphatic rings. The number of nitrogens with zero attached hydrogens (tertiary/aromatic N) is 1. The molecule has 1 heterocycles. The van der Waals surface area contributed by atoms with E-state index in [4.69, 9.17) is 18.9 Å². The van der Waals surface area contributed by atoms with Crippen molar-refractivity contribution in [2.75, 3.05) is 28.4 Å². The van der Waals surface area contributed by atoms with Gasteiger partial charge in [-0.2, -0.15) is 0 Å². The number of benzene rings is 2. The van der Waals surface area contributed by atoms with Crippen molar-refractivity contribution in [3.8, 4) is 23.0 Å². The van der Waals surface area contributed by atoms with E-state index in [9.17, 15) is 4.79 Å². The topological polar surface area (TPSA) is 78.9 Å². The highest BCUT2D eigenvalue weighted by atomic mass is 16.5. The van der Waals surface area contributed by atoms with Gasteiger partial charge < -0.3 is 24.3 Å². The third kappa shape index (κ3) is 4.18. The molecule has 0 saturated heterocycles. The Morgan fingerprint density at radius 1 is 0.931 bits per heavy atom. The van der Waals surface area contributed by atoms with Crippen LogP contribution in [0.3, 0.4) is 0 Å². The number of carbonyl (C=O) groups is 1. The Bertz CT molecular complexity index is 1020. The molecule has 7 heteroatoms. The molecule has 2 aromatic carbocycles. The molecular weight excluding hydrogens is 372 g/mol. The minimum Gasteiger partial charge on any atom is -0.497 e. The second-order valence-corrected chi connectivity index (χ2v) is 6.40. The van der Waals surface area contributed by atoms with Gasteiger partial charge in [0.2, 0.25) is 5.75 Å². The normalized spacial score (nSPS) is 10.5. The Morgan fingerprint density at radius 2 is 1.62 bits per heavy atom. The Kier molecular flexibility index (Phi) is 6.07. The summed E-state index contributed by atoms with van der Waals surface area (Å²) in [7, 11) is 6.27. The third-order valence-electron chi connectivity index (χ3n) is 4.64. The number of ether oxygens (including phenoxy) is 4. The summed E-state index contributed by atoms with van der Waals surface area (Å²) < 4.78 is 21.3. The van der Waals surface area contributed by atoms with Crippen LogP contribution in [0.25, 0.3) is 10.9 Å². The number of rotatable bonds is 7. The first-order chi connectivity index (χ1) is 14.0. The monoisotopic (exact) mass is 396 g/mol.